The zero-order valence-corrected chi connectivity index (χ0v) is 13.7. The van der Waals surface area contributed by atoms with Crippen LogP contribution in [0.1, 0.15) is 13.3 Å². The van der Waals surface area contributed by atoms with E-state index in [0.717, 1.165) is 0 Å². The quantitative estimate of drug-likeness (QED) is 0.800. The fourth-order valence-electron chi connectivity index (χ4n) is 2.03. The second-order valence-corrected chi connectivity index (χ2v) is 8.22. The summed E-state index contributed by atoms with van der Waals surface area (Å²) >= 11 is 4.47. The van der Waals surface area contributed by atoms with E-state index in [1.165, 1.54) is 22.6 Å². The van der Waals surface area contributed by atoms with Crippen molar-refractivity contribution in [1.82, 2.24) is 9.21 Å². The maximum absolute atomic E-state index is 12.5. The Morgan fingerprint density at radius 3 is 2.63 bits per heavy atom. The highest BCUT2D eigenvalue weighted by Gasteiger charge is 2.29. The Bertz CT molecular complexity index is 570. The molecule has 2 heterocycles. The summed E-state index contributed by atoms with van der Waals surface area (Å²) in [6.07, 6.45) is 0.668. The van der Waals surface area contributed by atoms with Crippen LogP contribution in [0.5, 0.6) is 0 Å². The first-order valence-electron chi connectivity index (χ1n) is 5.91. The van der Waals surface area contributed by atoms with Gasteiger partial charge in [-0.2, -0.15) is 4.31 Å². The molecule has 0 atom stereocenters. The second kappa shape index (κ2) is 5.90. The van der Waals surface area contributed by atoms with Crippen LogP contribution in [0.3, 0.4) is 0 Å². The highest BCUT2D eigenvalue weighted by atomic mass is 79.9. The zero-order valence-electron chi connectivity index (χ0n) is 10.5. The summed E-state index contributed by atoms with van der Waals surface area (Å²) in [5, 5.41) is 1.75. The Labute approximate surface area is 125 Å². The summed E-state index contributed by atoms with van der Waals surface area (Å²) < 4.78 is 27.4. The van der Waals surface area contributed by atoms with E-state index in [1.807, 2.05) is 0 Å². The van der Waals surface area contributed by atoms with Gasteiger partial charge in [-0.3, -0.25) is 4.79 Å². The van der Waals surface area contributed by atoms with Gasteiger partial charge in [0.2, 0.25) is 5.91 Å². The van der Waals surface area contributed by atoms with Crippen molar-refractivity contribution < 1.29 is 13.2 Å². The summed E-state index contributed by atoms with van der Waals surface area (Å²) in [4.78, 5) is 13.0. The van der Waals surface area contributed by atoms with Crippen LogP contribution in [0.15, 0.2) is 20.1 Å². The Morgan fingerprint density at radius 2 is 2.05 bits per heavy atom. The molecule has 1 amide bonds. The highest BCUT2D eigenvalue weighted by molar-refractivity contribution is 9.10. The minimum atomic E-state index is -3.45. The number of rotatable bonds is 2. The van der Waals surface area contributed by atoms with Gasteiger partial charge in [-0.05, 0) is 33.8 Å². The van der Waals surface area contributed by atoms with Crippen molar-refractivity contribution in [1.29, 1.82) is 0 Å². The summed E-state index contributed by atoms with van der Waals surface area (Å²) in [6.45, 7) is 3.40. The average molecular weight is 367 g/mol. The largest absolute Gasteiger partial charge is 0.342 e. The lowest BCUT2D eigenvalue weighted by Crippen LogP contribution is -2.36. The molecule has 1 aromatic heterocycles. The topological polar surface area (TPSA) is 57.7 Å². The molecule has 1 aromatic rings. The van der Waals surface area contributed by atoms with Gasteiger partial charge in [0.25, 0.3) is 10.0 Å². The molecule has 8 heteroatoms. The van der Waals surface area contributed by atoms with Crippen LogP contribution in [0.25, 0.3) is 0 Å². The van der Waals surface area contributed by atoms with E-state index in [4.69, 9.17) is 0 Å². The van der Waals surface area contributed by atoms with Gasteiger partial charge in [0, 0.05) is 37.6 Å². The molecule has 0 saturated carbocycles. The number of hydrogen-bond donors (Lipinski definition) is 0. The predicted octanol–water partition coefficient (Wildman–Crippen LogP) is 1.75. The van der Waals surface area contributed by atoms with Gasteiger partial charge in [0.05, 0.1) is 0 Å². The normalized spacial score (nSPS) is 18.3. The third kappa shape index (κ3) is 3.18. The first-order valence-corrected chi connectivity index (χ1v) is 9.03. The minimum Gasteiger partial charge on any atom is -0.342 e. The number of carbonyl (C=O) groups excluding carboxylic acids is 1. The van der Waals surface area contributed by atoms with Crippen molar-refractivity contribution in [2.24, 2.45) is 0 Å². The van der Waals surface area contributed by atoms with E-state index in [0.29, 0.717) is 41.3 Å². The van der Waals surface area contributed by atoms with Crippen LogP contribution in [-0.4, -0.2) is 49.7 Å². The molecule has 2 rings (SSSR count). The lowest BCUT2D eigenvalue weighted by atomic mass is 10.4. The lowest BCUT2D eigenvalue weighted by molar-refractivity contribution is -0.128. The van der Waals surface area contributed by atoms with Gasteiger partial charge < -0.3 is 4.90 Å². The SMILES string of the molecule is CC(=O)N1CCCN(S(=O)(=O)c2sccc2Br)CC1. The van der Waals surface area contributed by atoms with Crippen molar-refractivity contribution >= 4 is 43.2 Å². The van der Waals surface area contributed by atoms with Crippen LogP contribution >= 0.6 is 27.3 Å². The van der Waals surface area contributed by atoms with Crippen LogP contribution < -0.4 is 0 Å². The monoisotopic (exact) mass is 366 g/mol. The van der Waals surface area contributed by atoms with Crippen LogP contribution in [0, 0.1) is 0 Å². The molecule has 1 fully saturated rings. The van der Waals surface area contributed by atoms with Crippen molar-refractivity contribution in [3.8, 4) is 0 Å². The Balaban J connectivity index is 2.19. The maximum atomic E-state index is 12.5. The Morgan fingerprint density at radius 1 is 1.32 bits per heavy atom. The first-order chi connectivity index (χ1) is 8.93. The molecule has 1 saturated heterocycles. The molecule has 106 valence electrons. The molecule has 0 aromatic carbocycles. The summed E-state index contributed by atoms with van der Waals surface area (Å²) in [6, 6.07) is 1.73. The molecule has 0 radical (unpaired) electrons. The third-order valence-corrected chi connectivity index (χ3v) is 7.60. The second-order valence-electron chi connectivity index (χ2n) is 4.32. The van der Waals surface area contributed by atoms with E-state index in [9.17, 15) is 13.2 Å². The van der Waals surface area contributed by atoms with Crippen LogP contribution in [0.2, 0.25) is 0 Å². The van der Waals surface area contributed by atoms with Crippen molar-refractivity contribution in [2.75, 3.05) is 26.2 Å². The number of amides is 1. The van der Waals surface area contributed by atoms with Gasteiger partial charge in [0.1, 0.15) is 4.21 Å². The smallest absolute Gasteiger partial charge is 0.253 e. The van der Waals surface area contributed by atoms with E-state index in [-0.39, 0.29) is 5.91 Å². The molecular weight excluding hydrogens is 352 g/mol. The highest BCUT2D eigenvalue weighted by Crippen LogP contribution is 2.30. The van der Waals surface area contributed by atoms with E-state index in [2.05, 4.69) is 15.9 Å². The van der Waals surface area contributed by atoms with Crippen molar-refractivity contribution in [3.05, 3.63) is 15.9 Å². The third-order valence-electron chi connectivity index (χ3n) is 3.06. The molecule has 0 aliphatic carbocycles. The molecule has 1 aliphatic heterocycles. The van der Waals surface area contributed by atoms with Gasteiger partial charge in [0.15, 0.2) is 0 Å². The van der Waals surface area contributed by atoms with Gasteiger partial charge in [-0.25, -0.2) is 8.42 Å². The summed E-state index contributed by atoms with van der Waals surface area (Å²) in [5.74, 6) is -0.00319. The molecule has 0 bridgehead atoms. The van der Waals surface area contributed by atoms with Crippen LogP contribution in [0.4, 0.5) is 0 Å². The lowest BCUT2D eigenvalue weighted by Gasteiger charge is -2.20. The van der Waals surface area contributed by atoms with Crippen molar-refractivity contribution in [3.63, 3.8) is 0 Å². The first kappa shape index (κ1) is 15.0. The average Bonchev–Trinajstić information content (AvgIpc) is 2.64. The van der Waals surface area contributed by atoms with Gasteiger partial charge in [-0.1, -0.05) is 0 Å². The zero-order chi connectivity index (χ0) is 14.0. The standard InChI is InChI=1S/C11H15BrN2O3S2/c1-9(15)13-4-2-5-14(7-6-13)19(16,17)11-10(12)3-8-18-11/h3,8H,2,4-7H2,1H3. The molecule has 0 unspecified atom stereocenters. The molecule has 1 aliphatic rings. The van der Waals surface area contributed by atoms with Crippen LogP contribution in [-0.2, 0) is 14.8 Å². The Kier molecular flexibility index (Phi) is 4.65. The number of hydrogen-bond acceptors (Lipinski definition) is 4. The fourth-order valence-corrected chi connectivity index (χ4v) is 5.95. The van der Waals surface area contributed by atoms with E-state index >= 15 is 0 Å². The number of sulfonamides is 1. The number of nitrogens with zero attached hydrogens (tertiary/aromatic N) is 2. The molecule has 0 spiro atoms. The van der Waals surface area contributed by atoms with E-state index < -0.39 is 10.0 Å². The minimum absolute atomic E-state index is 0.00319. The summed E-state index contributed by atoms with van der Waals surface area (Å²) in [5.41, 5.74) is 0. The molecule has 5 nitrogen and oxygen atoms in total. The Hall–Kier alpha value is -0.440. The predicted molar refractivity (Wildman–Crippen MR) is 77.6 cm³/mol. The number of thiophene rings is 1. The van der Waals surface area contributed by atoms with E-state index in [1.54, 1.807) is 16.3 Å². The molecule has 19 heavy (non-hydrogen) atoms. The molecular formula is C11H15BrN2O3S2. The fraction of sp³-hybridized carbons (Fsp3) is 0.545. The summed E-state index contributed by atoms with van der Waals surface area (Å²) in [7, 11) is -3.45. The molecule has 0 N–H and O–H groups in total. The van der Waals surface area contributed by atoms with Gasteiger partial charge >= 0.3 is 0 Å². The number of carbonyl (C=O) groups is 1. The van der Waals surface area contributed by atoms with Gasteiger partial charge in [-0.15, -0.1) is 11.3 Å². The maximum Gasteiger partial charge on any atom is 0.253 e. The van der Waals surface area contributed by atoms with Crippen molar-refractivity contribution in [2.45, 2.75) is 17.6 Å². The number of halogens is 1.